The third-order valence-electron chi connectivity index (χ3n) is 3.21. The van der Waals surface area contributed by atoms with E-state index in [4.69, 9.17) is 23.2 Å². The Hall–Kier alpha value is 0.01000. The molecule has 1 aromatic rings. The van der Waals surface area contributed by atoms with Gasteiger partial charge in [-0.1, -0.05) is 23.2 Å². The molecule has 0 amide bonds. The molecule has 2 N–H and O–H groups in total. The second kappa shape index (κ2) is 8.23. The summed E-state index contributed by atoms with van der Waals surface area (Å²) < 4.78 is 0. The van der Waals surface area contributed by atoms with Gasteiger partial charge in [0.05, 0.1) is 0 Å². The van der Waals surface area contributed by atoms with Crippen LogP contribution in [0.15, 0.2) is 18.2 Å². The van der Waals surface area contributed by atoms with E-state index in [0.29, 0.717) is 0 Å². The predicted molar refractivity (Wildman–Crippen MR) is 81.0 cm³/mol. The SMILES string of the molecule is Cl.Clc1ccc(Cl)c(CNCC2CCNCC2)c1. The molecule has 2 rings (SSSR count). The van der Waals surface area contributed by atoms with E-state index in [-0.39, 0.29) is 12.4 Å². The summed E-state index contributed by atoms with van der Waals surface area (Å²) in [6.45, 7) is 4.14. The van der Waals surface area contributed by atoms with Gasteiger partial charge in [0.15, 0.2) is 0 Å². The van der Waals surface area contributed by atoms with Crippen LogP contribution in [-0.4, -0.2) is 19.6 Å². The van der Waals surface area contributed by atoms with Crippen molar-refractivity contribution >= 4 is 35.6 Å². The van der Waals surface area contributed by atoms with Crippen LogP contribution in [0.4, 0.5) is 0 Å². The molecular weight excluding hydrogens is 291 g/mol. The fourth-order valence-corrected chi connectivity index (χ4v) is 2.55. The van der Waals surface area contributed by atoms with Crippen LogP contribution in [0.3, 0.4) is 0 Å². The lowest BCUT2D eigenvalue weighted by atomic mass is 9.98. The summed E-state index contributed by atoms with van der Waals surface area (Å²) in [7, 11) is 0. The minimum Gasteiger partial charge on any atom is -0.317 e. The van der Waals surface area contributed by atoms with E-state index in [1.165, 1.54) is 12.8 Å². The van der Waals surface area contributed by atoms with Crippen molar-refractivity contribution in [1.82, 2.24) is 10.6 Å². The number of hydrogen-bond acceptors (Lipinski definition) is 2. The number of nitrogens with one attached hydrogen (secondary N) is 2. The highest BCUT2D eigenvalue weighted by Gasteiger charge is 2.12. The molecule has 2 nitrogen and oxygen atoms in total. The first-order valence-electron chi connectivity index (χ1n) is 6.11. The number of benzene rings is 1. The molecule has 0 aromatic heterocycles. The van der Waals surface area contributed by atoms with Crippen LogP contribution in [-0.2, 0) is 6.54 Å². The summed E-state index contributed by atoms with van der Waals surface area (Å²) in [6.07, 6.45) is 2.52. The van der Waals surface area contributed by atoms with Crippen molar-refractivity contribution in [3.8, 4) is 0 Å². The topological polar surface area (TPSA) is 24.1 Å². The molecule has 1 fully saturated rings. The maximum absolute atomic E-state index is 6.11. The Balaban J connectivity index is 0.00000162. The summed E-state index contributed by atoms with van der Waals surface area (Å²) in [5.41, 5.74) is 1.08. The van der Waals surface area contributed by atoms with Crippen LogP contribution in [0.5, 0.6) is 0 Å². The zero-order chi connectivity index (χ0) is 12.1. The van der Waals surface area contributed by atoms with E-state index >= 15 is 0 Å². The van der Waals surface area contributed by atoms with Crippen molar-refractivity contribution < 1.29 is 0 Å². The van der Waals surface area contributed by atoms with E-state index in [2.05, 4.69) is 10.6 Å². The lowest BCUT2D eigenvalue weighted by Crippen LogP contribution is -2.33. The largest absolute Gasteiger partial charge is 0.317 e. The van der Waals surface area contributed by atoms with Gasteiger partial charge in [0, 0.05) is 16.6 Å². The third kappa shape index (κ3) is 4.94. The van der Waals surface area contributed by atoms with Crippen molar-refractivity contribution in [2.75, 3.05) is 19.6 Å². The molecular formula is C13H19Cl3N2. The van der Waals surface area contributed by atoms with Gasteiger partial charge >= 0.3 is 0 Å². The first kappa shape index (κ1) is 16.1. The monoisotopic (exact) mass is 308 g/mol. The van der Waals surface area contributed by atoms with Gasteiger partial charge in [-0.05, 0) is 62.2 Å². The molecule has 0 atom stereocenters. The van der Waals surface area contributed by atoms with E-state index < -0.39 is 0 Å². The molecule has 1 aliphatic heterocycles. The van der Waals surface area contributed by atoms with E-state index in [1.54, 1.807) is 0 Å². The van der Waals surface area contributed by atoms with Crippen LogP contribution < -0.4 is 10.6 Å². The molecule has 1 heterocycles. The normalized spacial score (nSPS) is 16.3. The Morgan fingerprint density at radius 1 is 1.22 bits per heavy atom. The summed E-state index contributed by atoms with van der Waals surface area (Å²) in [5, 5.41) is 8.37. The van der Waals surface area contributed by atoms with E-state index in [1.807, 2.05) is 18.2 Å². The quantitative estimate of drug-likeness (QED) is 0.889. The smallest absolute Gasteiger partial charge is 0.0451 e. The maximum Gasteiger partial charge on any atom is 0.0451 e. The van der Waals surface area contributed by atoms with Crippen LogP contribution in [0.2, 0.25) is 10.0 Å². The molecule has 1 aliphatic rings. The highest BCUT2D eigenvalue weighted by molar-refractivity contribution is 6.33. The highest BCUT2D eigenvalue weighted by atomic mass is 35.5. The summed E-state index contributed by atoms with van der Waals surface area (Å²) in [4.78, 5) is 0. The first-order chi connectivity index (χ1) is 8.25. The lowest BCUT2D eigenvalue weighted by molar-refractivity contribution is 0.356. The fraction of sp³-hybridized carbons (Fsp3) is 0.538. The van der Waals surface area contributed by atoms with Gasteiger partial charge < -0.3 is 10.6 Å². The maximum atomic E-state index is 6.11. The Bertz CT molecular complexity index is 365. The second-order valence-electron chi connectivity index (χ2n) is 4.56. The van der Waals surface area contributed by atoms with Gasteiger partial charge in [0.2, 0.25) is 0 Å². The van der Waals surface area contributed by atoms with E-state index in [9.17, 15) is 0 Å². The molecule has 0 unspecified atom stereocenters. The standard InChI is InChI=1S/C13H18Cl2N2.ClH/c14-12-1-2-13(15)11(7-12)9-17-8-10-3-5-16-6-4-10;/h1-2,7,10,16-17H,3-6,8-9H2;1H. The zero-order valence-electron chi connectivity index (χ0n) is 10.2. The lowest BCUT2D eigenvalue weighted by Gasteiger charge is -2.22. The minimum atomic E-state index is 0. The number of halogens is 3. The zero-order valence-corrected chi connectivity index (χ0v) is 12.5. The summed E-state index contributed by atoms with van der Waals surface area (Å²) in [6, 6.07) is 5.60. The van der Waals surface area contributed by atoms with Crippen LogP contribution in [0.1, 0.15) is 18.4 Å². The average Bonchev–Trinajstić information content (AvgIpc) is 2.35. The van der Waals surface area contributed by atoms with Crippen molar-refractivity contribution in [3.63, 3.8) is 0 Å². The predicted octanol–water partition coefficient (Wildman–Crippen LogP) is 3.50. The molecule has 0 saturated carbocycles. The number of hydrogen-bond donors (Lipinski definition) is 2. The fourth-order valence-electron chi connectivity index (χ4n) is 2.18. The molecule has 0 aliphatic carbocycles. The Morgan fingerprint density at radius 2 is 1.94 bits per heavy atom. The summed E-state index contributed by atoms with van der Waals surface area (Å²) in [5.74, 6) is 0.786. The molecule has 0 radical (unpaired) electrons. The minimum absolute atomic E-state index is 0. The van der Waals surface area contributed by atoms with Crippen molar-refractivity contribution in [3.05, 3.63) is 33.8 Å². The third-order valence-corrected chi connectivity index (χ3v) is 3.82. The molecule has 1 saturated heterocycles. The van der Waals surface area contributed by atoms with Crippen LogP contribution >= 0.6 is 35.6 Å². The van der Waals surface area contributed by atoms with Crippen LogP contribution in [0.25, 0.3) is 0 Å². The Labute approximate surface area is 125 Å². The number of rotatable bonds is 4. The Kier molecular flexibility index (Phi) is 7.35. The van der Waals surface area contributed by atoms with Gasteiger partial charge in [-0.3, -0.25) is 0 Å². The molecule has 18 heavy (non-hydrogen) atoms. The second-order valence-corrected chi connectivity index (χ2v) is 5.40. The van der Waals surface area contributed by atoms with Gasteiger partial charge in [0.25, 0.3) is 0 Å². The Morgan fingerprint density at radius 3 is 2.67 bits per heavy atom. The number of piperidine rings is 1. The van der Waals surface area contributed by atoms with E-state index in [0.717, 1.165) is 47.7 Å². The van der Waals surface area contributed by atoms with Gasteiger partial charge in [-0.2, -0.15) is 0 Å². The molecule has 5 heteroatoms. The van der Waals surface area contributed by atoms with Gasteiger partial charge in [-0.25, -0.2) is 0 Å². The molecule has 0 spiro atoms. The van der Waals surface area contributed by atoms with Gasteiger partial charge in [-0.15, -0.1) is 12.4 Å². The molecule has 102 valence electrons. The van der Waals surface area contributed by atoms with Crippen molar-refractivity contribution in [2.45, 2.75) is 19.4 Å². The highest BCUT2D eigenvalue weighted by Crippen LogP contribution is 2.20. The average molecular weight is 310 g/mol. The van der Waals surface area contributed by atoms with Crippen molar-refractivity contribution in [2.24, 2.45) is 5.92 Å². The van der Waals surface area contributed by atoms with Crippen LogP contribution in [0, 0.1) is 5.92 Å². The summed E-state index contributed by atoms with van der Waals surface area (Å²) >= 11 is 12.1. The molecule has 0 bridgehead atoms. The van der Waals surface area contributed by atoms with Crippen molar-refractivity contribution in [1.29, 1.82) is 0 Å². The molecule has 1 aromatic carbocycles. The first-order valence-corrected chi connectivity index (χ1v) is 6.86. The van der Waals surface area contributed by atoms with Gasteiger partial charge in [0.1, 0.15) is 0 Å².